The van der Waals surface area contributed by atoms with Crippen LogP contribution in [0.15, 0.2) is 24.4 Å². The zero-order valence-electron chi connectivity index (χ0n) is 24.3. The number of aryl methyl sites for hydroxylation is 1. The maximum Gasteiger partial charge on any atom is 0.412 e. The van der Waals surface area contributed by atoms with Gasteiger partial charge in [0.05, 0.1) is 33.6 Å². The number of carbonyl (C=O) groups excluding carboxylic acids is 2. The number of thiophene rings is 1. The number of benzene rings is 2. The Balaban J connectivity index is 1.50. The number of nitrogens with one attached hydrogen (secondary N) is 1. The topological polar surface area (TPSA) is 141 Å². The molecule has 0 bridgehead atoms. The van der Waals surface area contributed by atoms with Gasteiger partial charge in [-0.15, -0.1) is 11.3 Å². The molecule has 2 aromatic carbocycles. The summed E-state index contributed by atoms with van der Waals surface area (Å²) < 4.78 is 38.4. The first-order valence-corrected chi connectivity index (χ1v) is 14.7. The molecule has 44 heavy (non-hydrogen) atoms. The van der Waals surface area contributed by atoms with Crippen LogP contribution >= 0.6 is 11.3 Å². The fourth-order valence-corrected chi connectivity index (χ4v) is 7.12. The van der Waals surface area contributed by atoms with E-state index in [0.29, 0.717) is 23.9 Å². The Bertz CT molecular complexity index is 1920. The maximum atomic E-state index is 16.3. The lowest BCUT2D eigenvalue weighted by atomic mass is 9.93. The predicted octanol–water partition coefficient (Wildman–Crippen LogP) is 6.01. The lowest BCUT2D eigenvalue weighted by molar-refractivity contribution is 0.0254. The highest BCUT2D eigenvalue weighted by molar-refractivity contribution is 7.23. The molecule has 1 fully saturated rings. The van der Waals surface area contributed by atoms with E-state index < -0.39 is 47.4 Å². The van der Waals surface area contributed by atoms with Gasteiger partial charge in [0.2, 0.25) is 0 Å². The summed E-state index contributed by atoms with van der Waals surface area (Å²) in [5.74, 6) is -1.87. The van der Waals surface area contributed by atoms with E-state index in [1.807, 2.05) is 6.07 Å². The summed E-state index contributed by atoms with van der Waals surface area (Å²) in [5.41, 5.74) is -0.173. The van der Waals surface area contributed by atoms with Crippen LogP contribution in [0.2, 0.25) is 0 Å². The Morgan fingerprint density at radius 2 is 1.95 bits per heavy atom. The van der Waals surface area contributed by atoms with E-state index in [2.05, 4.69) is 10.4 Å². The molecule has 2 unspecified atom stereocenters. The highest BCUT2D eigenvalue weighted by Gasteiger charge is 2.39. The van der Waals surface area contributed by atoms with Gasteiger partial charge in [-0.2, -0.15) is 10.4 Å². The third-order valence-corrected chi connectivity index (χ3v) is 9.03. The van der Waals surface area contributed by atoms with E-state index in [0.717, 1.165) is 17.4 Å². The molecular weight excluding hydrogens is 594 g/mol. The van der Waals surface area contributed by atoms with Crippen LogP contribution in [0.5, 0.6) is 0 Å². The SMILES string of the molecule is CC1CN2C(=O)c3cc(F)c(-c4ccc(F)c5sc(NC(=O)OC(C)(C)C)c(C#N)c45)c4cnn(c34)CCC2CN1C(=O)O. The van der Waals surface area contributed by atoms with Crippen molar-refractivity contribution in [3.63, 3.8) is 0 Å². The molecule has 2 aromatic heterocycles. The van der Waals surface area contributed by atoms with Gasteiger partial charge in [-0.05, 0) is 51.8 Å². The molecule has 0 radical (unpaired) electrons. The van der Waals surface area contributed by atoms with Crippen LogP contribution in [0, 0.1) is 23.0 Å². The molecule has 2 aliphatic heterocycles. The second-order valence-electron chi connectivity index (χ2n) is 11.9. The van der Waals surface area contributed by atoms with Crippen molar-refractivity contribution >= 4 is 55.4 Å². The van der Waals surface area contributed by atoms with Gasteiger partial charge in [0.1, 0.15) is 28.3 Å². The first kappa shape index (κ1) is 29.3. The molecule has 2 aliphatic rings. The van der Waals surface area contributed by atoms with Crippen LogP contribution in [0.4, 0.5) is 23.4 Å². The van der Waals surface area contributed by atoms with Gasteiger partial charge in [-0.25, -0.2) is 18.4 Å². The summed E-state index contributed by atoms with van der Waals surface area (Å²) >= 11 is 0.836. The molecule has 3 amide bonds. The Morgan fingerprint density at radius 3 is 2.64 bits per heavy atom. The van der Waals surface area contributed by atoms with E-state index >= 15 is 8.78 Å². The summed E-state index contributed by atoms with van der Waals surface area (Å²) in [6.07, 6.45) is -0.0283. The van der Waals surface area contributed by atoms with Gasteiger partial charge < -0.3 is 19.6 Å². The maximum absolute atomic E-state index is 16.3. The lowest BCUT2D eigenvalue weighted by Crippen LogP contribution is -2.60. The minimum Gasteiger partial charge on any atom is -0.465 e. The third-order valence-electron chi connectivity index (χ3n) is 7.91. The predicted molar refractivity (Wildman–Crippen MR) is 159 cm³/mol. The minimum absolute atomic E-state index is 0.0344. The molecule has 14 heteroatoms. The molecule has 2 N–H and O–H groups in total. The minimum atomic E-state index is -1.07. The standard InChI is InChI=1S/C30H28F2N6O5S/c1-14-12-37-15(13-36(14)29(41)42)7-8-38-24-17(27(37)39)9-21(32)22(19(24)11-34-38)16-5-6-20(31)25-23(16)18(10-33)26(44-25)35-28(40)43-30(2,3)4/h5-6,9,11,14-15H,7-8,12-13H2,1-4H3,(H,35,40)(H,41,42). The largest absolute Gasteiger partial charge is 0.465 e. The molecule has 0 aliphatic carbocycles. The first-order valence-electron chi connectivity index (χ1n) is 13.9. The van der Waals surface area contributed by atoms with Crippen molar-refractivity contribution in [3.05, 3.63) is 47.2 Å². The van der Waals surface area contributed by atoms with Crippen LogP contribution in [0.25, 0.3) is 32.1 Å². The van der Waals surface area contributed by atoms with E-state index in [1.165, 1.54) is 23.2 Å². The number of aromatic nitrogens is 2. The van der Waals surface area contributed by atoms with Crippen molar-refractivity contribution in [1.29, 1.82) is 5.26 Å². The number of anilines is 1. The molecule has 4 heterocycles. The molecule has 1 saturated heterocycles. The van der Waals surface area contributed by atoms with Crippen molar-refractivity contribution < 1.29 is 33.0 Å². The van der Waals surface area contributed by atoms with E-state index in [4.69, 9.17) is 4.74 Å². The number of hydrogen-bond acceptors (Lipinski definition) is 7. The van der Waals surface area contributed by atoms with Gasteiger partial charge in [0.25, 0.3) is 5.91 Å². The molecule has 11 nitrogen and oxygen atoms in total. The highest BCUT2D eigenvalue weighted by atomic mass is 32.1. The second-order valence-corrected chi connectivity index (χ2v) is 13.0. The van der Waals surface area contributed by atoms with Crippen molar-refractivity contribution in [2.24, 2.45) is 0 Å². The molecule has 228 valence electrons. The van der Waals surface area contributed by atoms with Crippen LogP contribution < -0.4 is 5.32 Å². The first-order chi connectivity index (χ1) is 20.8. The number of carbonyl (C=O) groups is 3. The van der Waals surface area contributed by atoms with Crippen molar-refractivity contribution in [1.82, 2.24) is 19.6 Å². The van der Waals surface area contributed by atoms with Gasteiger partial charge in [0.15, 0.2) is 0 Å². The molecular formula is C30H28F2N6O5S. The van der Waals surface area contributed by atoms with E-state index in [-0.39, 0.29) is 50.4 Å². The van der Waals surface area contributed by atoms with Gasteiger partial charge in [-0.3, -0.25) is 14.8 Å². The summed E-state index contributed by atoms with van der Waals surface area (Å²) in [4.78, 5) is 41.1. The number of carboxylic acid groups (broad SMARTS) is 1. The Kier molecular flexibility index (Phi) is 6.96. The zero-order chi connectivity index (χ0) is 31.7. The normalized spacial score (nSPS) is 18.5. The number of rotatable bonds is 2. The monoisotopic (exact) mass is 622 g/mol. The number of hydrogen-bond donors (Lipinski definition) is 2. The third kappa shape index (κ3) is 4.77. The van der Waals surface area contributed by atoms with Crippen LogP contribution in [-0.2, 0) is 11.3 Å². The molecule has 2 atom stereocenters. The van der Waals surface area contributed by atoms with Crippen LogP contribution in [0.1, 0.15) is 50.0 Å². The van der Waals surface area contributed by atoms with Crippen LogP contribution in [-0.4, -0.2) is 73.6 Å². The van der Waals surface area contributed by atoms with Crippen LogP contribution in [0.3, 0.4) is 0 Å². The smallest absolute Gasteiger partial charge is 0.412 e. The molecule has 0 saturated carbocycles. The van der Waals surface area contributed by atoms with Gasteiger partial charge >= 0.3 is 12.2 Å². The Morgan fingerprint density at radius 1 is 1.20 bits per heavy atom. The fourth-order valence-electron chi connectivity index (χ4n) is 6.05. The highest BCUT2D eigenvalue weighted by Crippen LogP contribution is 2.45. The number of halogens is 2. The zero-order valence-corrected chi connectivity index (χ0v) is 25.1. The average molecular weight is 623 g/mol. The quantitative estimate of drug-likeness (QED) is 0.279. The van der Waals surface area contributed by atoms with E-state index in [9.17, 15) is 24.8 Å². The summed E-state index contributed by atoms with van der Waals surface area (Å²) in [5, 5.41) is 27.2. The molecule has 4 aromatic rings. The second kappa shape index (κ2) is 10.4. The Hall–Kier alpha value is -4.77. The molecule has 0 spiro atoms. The average Bonchev–Trinajstić information content (AvgIpc) is 3.52. The number of piperazine rings is 1. The molecule has 6 rings (SSSR count). The Labute approximate surface area is 254 Å². The summed E-state index contributed by atoms with van der Waals surface area (Å²) in [6, 6.07) is 4.82. The number of ether oxygens (including phenoxy) is 1. The van der Waals surface area contributed by atoms with E-state index in [1.54, 1.807) is 37.3 Å². The van der Waals surface area contributed by atoms with Crippen molar-refractivity contribution in [2.75, 3.05) is 18.4 Å². The number of nitriles is 1. The lowest BCUT2D eigenvalue weighted by Gasteiger charge is -2.45. The summed E-state index contributed by atoms with van der Waals surface area (Å²) in [6.45, 7) is 7.38. The number of amides is 3. The van der Waals surface area contributed by atoms with Crippen molar-refractivity contribution in [3.8, 4) is 17.2 Å². The van der Waals surface area contributed by atoms with Crippen molar-refractivity contribution in [2.45, 2.75) is 58.3 Å². The fraction of sp³-hybridized carbons (Fsp3) is 0.367. The summed E-state index contributed by atoms with van der Waals surface area (Å²) in [7, 11) is 0. The van der Waals surface area contributed by atoms with Gasteiger partial charge in [0, 0.05) is 42.0 Å². The number of nitrogens with zero attached hydrogens (tertiary/aromatic N) is 5. The number of fused-ring (bicyclic) bond motifs is 2. The van der Waals surface area contributed by atoms with Gasteiger partial charge in [-0.1, -0.05) is 6.07 Å².